The molecule has 0 amide bonds. The van der Waals surface area contributed by atoms with E-state index in [0.717, 1.165) is 3.79 Å². The minimum absolute atomic E-state index is 0.327. The summed E-state index contributed by atoms with van der Waals surface area (Å²) in [5, 5.41) is 0. The van der Waals surface area contributed by atoms with Gasteiger partial charge in [-0.25, -0.2) is 8.42 Å². The molecule has 0 fully saturated rings. The van der Waals surface area contributed by atoms with Gasteiger partial charge in [-0.1, -0.05) is 13.8 Å². The second-order valence-electron chi connectivity index (χ2n) is 3.74. The molecule has 6 heteroatoms. The maximum atomic E-state index is 12.0. The van der Waals surface area contributed by atoms with Gasteiger partial charge in [0, 0.05) is 13.6 Å². The number of nitrogens with zero attached hydrogens (tertiary/aromatic N) is 1. The SMILES string of the molecule is CC(C)CN(C)S(=O)(=O)c1ccc(Br)s1. The molecule has 0 spiro atoms. The number of sulfonamides is 1. The summed E-state index contributed by atoms with van der Waals surface area (Å²) in [5.41, 5.74) is 0. The van der Waals surface area contributed by atoms with E-state index >= 15 is 0 Å². The Morgan fingerprint density at radius 2 is 2.07 bits per heavy atom. The third kappa shape index (κ3) is 3.27. The lowest BCUT2D eigenvalue weighted by Gasteiger charge is -2.17. The van der Waals surface area contributed by atoms with Gasteiger partial charge in [0.2, 0.25) is 0 Å². The largest absolute Gasteiger partial charge is 0.252 e. The summed E-state index contributed by atoms with van der Waals surface area (Å²) in [6.07, 6.45) is 0. The molecule has 0 unspecified atom stereocenters. The van der Waals surface area contributed by atoms with Crippen LogP contribution in [0.4, 0.5) is 0 Å². The zero-order chi connectivity index (χ0) is 11.6. The van der Waals surface area contributed by atoms with Crippen molar-refractivity contribution in [1.29, 1.82) is 0 Å². The van der Waals surface area contributed by atoms with Crippen LogP contribution in [0, 0.1) is 5.92 Å². The second kappa shape index (κ2) is 4.95. The fraction of sp³-hybridized carbons (Fsp3) is 0.556. The Morgan fingerprint density at radius 3 is 2.47 bits per heavy atom. The van der Waals surface area contributed by atoms with Crippen molar-refractivity contribution in [2.45, 2.75) is 18.1 Å². The van der Waals surface area contributed by atoms with Gasteiger partial charge in [-0.2, -0.15) is 4.31 Å². The summed E-state index contributed by atoms with van der Waals surface area (Å²) in [7, 11) is -1.68. The number of hydrogen-bond acceptors (Lipinski definition) is 3. The van der Waals surface area contributed by atoms with E-state index in [1.807, 2.05) is 13.8 Å². The van der Waals surface area contributed by atoms with Crippen molar-refractivity contribution < 1.29 is 8.42 Å². The Morgan fingerprint density at radius 1 is 1.47 bits per heavy atom. The zero-order valence-electron chi connectivity index (χ0n) is 8.90. The van der Waals surface area contributed by atoms with E-state index in [1.165, 1.54) is 15.6 Å². The first-order valence-electron chi connectivity index (χ1n) is 4.55. The van der Waals surface area contributed by atoms with E-state index in [2.05, 4.69) is 15.9 Å². The van der Waals surface area contributed by atoms with Crippen LogP contribution >= 0.6 is 27.3 Å². The van der Waals surface area contributed by atoms with Gasteiger partial charge in [0.05, 0.1) is 3.79 Å². The molecule has 0 atom stereocenters. The molecule has 1 aromatic rings. The van der Waals surface area contributed by atoms with E-state index in [1.54, 1.807) is 19.2 Å². The van der Waals surface area contributed by atoms with Crippen LogP contribution in [-0.2, 0) is 10.0 Å². The first-order chi connectivity index (χ1) is 6.84. The van der Waals surface area contributed by atoms with Crippen LogP contribution in [0.5, 0.6) is 0 Å². The lowest BCUT2D eigenvalue weighted by Crippen LogP contribution is -2.29. The van der Waals surface area contributed by atoms with Gasteiger partial charge in [0.15, 0.2) is 0 Å². The van der Waals surface area contributed by atoms with Crippen LogP contribution in [0.25, 0.3) is 0 Å². The molecule has 1 heterocycles. The first-order valence-corrected chi connectivity index (χ1v) is 7.60. The minimum atomic E-state index is -3.29. The predicted molar refractivity (Wildman–Crippen MR) is 66.7 cm³/mol. The van der Waals surface area contributed by atoms with Crippen molar-refractivity contribution in [3.8, 4) is 0 Å². The van der Waals surface area contributed by atoms with Crippen molar-refractivity contribution >= 4 is 37.3 Å². The molecular formula is C9H14BrNO2S2. The van der Waals surface area contributed by atoms with E-state index < -0.39 is 10.0 Å². The first kappa shape index (κ1) is 13.2. The summed E-state index contributed by atoms with van der Waals surface area (Å²) in [6, 6.07) is 3.38. The molecule has 0 saturated heterocycles. The summed E-state index contributed by atoms with van der Waals surface area (Å²) in [4.78, 5) is 0. The highest BCUT2D eigenvalue weighted by Crippen LogP contribution is 2.28. The Bertz CT molecular complexity index is 425. The smallest absolute Gasteiger partial charge is 0.206 e. The van der Waals surface area contributed by atoms with Crippen LogP contribution in [0.2, 0.25) is 0 Å². The molecule has 0 aliphatic heterocycles. The predicted octanol–water partition coefficient (Wildman–Crippen LogP) is 2.79. The van der Waals surface area contributed by atoms with Gasteiger partial charge in [0.25, 0.3) is 10.0 Å². The lowest BCUT2D eigenvalue weighted by molar-refractivity contribution is 0.418. The summed E-state index contributed by atoms with van der Waals surface area (Å²) in [6.45, 7) is 4.53. The van der Waals surface area contributed by atoms with Crippen LogP contribution in [0.3, 0.4) is 0 Å². The highest BCUT2D eigenvalue weighted by atomic mass is 79.9. The van der Waals surface area contributed by atoms with Gasteiger partial charge in [-0.05, 0) is 34.0 Å². The Balaban J connectivity index is 2.93. The highest BCUT2D eigenvalue weighted by Gasteiger charge is 2.22. The molecule has 3 nitrogen and oxygen atoms in total. The molecule has 0 aliphatic rings. The molecule has 0 N–H and O–H groups in total. The number of rotatable bonds is 4. The molecule has 0 aromatic carbocycles. The average molecular weight is 312 g/mol. The quantitative estimate of drug-likeness (QED) is 0.857. The van der Waals surface area contributed by atoms with E-state index in [9.17, 15) is 8.42 Å². The molecule has 86 valence electrons. The molecule has 0 aliphatic carbocycles. The van der Waals surface area contributed by atoms with E-state index in [-0.39, 0.29) is 0 Å². The van der Waals surface area contributed by atoms with Crippen molar-refractivity contribution in [3.05, 3.63) is 15.9 Å². The number of halogens is 1. The van der Waals surface area contributed by atoms with Crippen molar-refractivity contribution in [3.63, 3.8) is 0 Å². The van der Waals surface area contributed by atoms with Gasteiger partial charge >= 0.3 is 0 Å². The van der Waals surface area contributed by atoms with E-state index in [4.69, 9.17) is 0 Å². The maximum Gasteiger partial charge on any atom is 0.252 e. The molecule has 0 bridgehead atoms. The van der Waals surface area contributed by atoms with Crippen molar-refractivity contribution in [1.82, 2.24) is 4.31 Å². The number of thiophene rings is 1. The zero-order valence-corrected chi connectivity index (χ0v) is 12.1. The van der Waals surface area contributed by atoms with Crippen LogP contribution < -0.4 is 0 Å². The standard InChI is InChI=1S/C9H14BrNO2S2/c1-7(2)6-11(3)15(12,13)9-5-4-8(10)14-9/h4-5,7H,6H2,1-3H3. The van der Waals surface area contributed by atoms with Gasteiger partial charge in [0.1, 0.15) is 4.21 Å². The second-order valence-corrected chi connectivity index (χ2v) is 8.47. The summed E-state index contributed by atoms with van der Waals surface area (Å²) >= 11 is 4.50. The van der Waals surface area contributed by atoms with E-state index in [0.29, 0.717) is 16.7 Å². The fourth-order valence-electron chi connectivity index (χ4n) is 1.20. The van der Waals surface area contributed by atoms with Crippen LogP contribution in [0.15, 0.2) is 20.1 Å². The summed E-state index contributed by atoms with van der Waals surface area (Å²) in [5.74, 6) is 0.327. The van der Waals surface area contributed by atoms with Crippen molar-refractivity contribution in [2.24, 2.45) is 5.92 Å². The Hall–Kier alpha value is 0.0900. The Labute approximate surface area is 103 Å². The summed E-state index contributed by atoms with van der Waals surface area (Å²) < 4.78 is 26.6. The highest BCUT2D eigenvalue weighted by molar-refractivity contribution is 9.11. The fourth-order valence-corrected chi connectivity index (χ4v) is 4.76. The van der Waals surface area contributed by atoms with Crippen LogP contribution in [0.1, 0.15) is 13.8 Å². The topological polar surface area (TPSA) is 37.4 Å². The monoisotopic (exact) mass is 311 g/mol. The molecular weight excluding hydrogens is 298 g/mol. The molecule has 1 aromatic heterocycles. The molecule has 0 radical (unpaired) electrons. The lowest BCUT2D eigenvalue weighted by atomic mass is 10.2. The molecule has 15 heavy (non-hydrogen) atoms. The Kier molecular flexibility index (Phi) is 4.34. The minimum Gasteiger partial charge on any atom is -0.206 e. The van der Waals surface area contributed by atoms with Gasteiger partial charge in [-0.15, -0.1) is 11.3 Å². The van der Waals surface area contributed by atoms with Gasteiger partial charge < -0.3 is 0 Å². The third-order valence-electron chi connectivity index (χ3n) is 1.84. The maximum absolute atomic E-state index is 12.0. The average Bonchev–Trinajstić information content (AvgIpc) is 2.50. The molecule has 1 rings (SSSR count). The van der Waals surface area contributed by atoms with Crippen molar-refractivity contribution in [2.75, 3.05) is 13.6 Å². The number of hydrogen-bond donors (Lipinski definition) is 0. The molecule has 0 saturated carbocycles. The van der Waals surface area contributed by atoms with Gasteiger partial charge in [-0.3, -0.25) is 0 Å². The normalized spacial score (nSPS) is 12.7. The third-order valence-corrected chi connectivity index (χ3v) is 5.75. The van der Waals surface area contributed by atoms with Crippen LogP contribution in [-0.4, -0.2) is 26.3 Å².